The van der Waals surface area contributed by atoms with E-state index in [0.717, 1.165) is 81.8 Å². The second kappa shape index (κ2) is 14.3. The summed E-state index contributed by atoms with van der Waals surface area (Å²) >= 11 is 0. The molecule has 0 bridgehead atoms. The van der Waals surface area contributed by atoms with Gasteiger partial charge >= 0.3 is 0 Å². The van der Waals surface area contributed by atoms with Crippen molar-refractivity contribution in [1.29, 1.82) is 0 Å². The SMILES string of the molecule is COc1ccccc1CN=C(NCCCN1CCOCC1)NCCc1ccco1.I. The predicted octanol–water partition coefficient (Wildman–Crippen LogP) is 2.91. The third kappa shape index (κ3) is 8.53. The van der Waals surface area contributed by atoms with Gasteiger partial charge in [-0.1, -0.05) is 18.2 Å². The minimum Gasteiger partial charge on any atom is -0.496 e. The number of benzene rings is 1. The Kier molecular flexibility index (Phi) is 11.6. The van der Waals surface area contributed by atoms with E-state index in [1.54, 1.807) is 13.4 Å². The summed E-state index contributed by atoms with van der Waals surface area (Å²) < 4.78 is 16.3. The smallest absolute Gasteiger partial charge is 0.191 e. The van der Waals surface area contributed by atoms with Crippen molar-refractivity contribution in [2.24, 2.45) is 4.99 Å². The molecule has 7 nitrogen and oxygen atoms in total. The maximum atomic E-state index is 5.44. The second-order valence-corrected chi connectivity index (χ2v) is 6.97. The first-order chi connectivity index (χ1) is 14.3. The first-order valence-electron chi connectivity index (χ1n) is 10.3. The van der Waals surface area contributed by atoms with E-state index in [2.05, 4.69) is 15.5 Å². The lowest BCUT2D eigenvalue weighted by Crippen LogP contribution is -2.41. The molecule has 3 rings (SSSR count). The molecule has 30 heavy (non-hydrogen) atoms. The summed E-state index contributed by atoms with van der Waals surface area (Å²) in [6.45, 7) is 6.99. The normalized spacial score (nSPS) is 14.8. The number of para-hydroxylation sites is 1. The lowest BCUT2D eigenvalue weighted by atomic mass is 10.2. The molecule has 8 heteroatoms. The molecule has 0 saturated carbocycles. The van der Waals surface area contributed by atoms with Gasteiger partial charge in [-0.2, -0.15) is 0 Å². The molecule has 1 aromatic carbocycles. The number of furan rings is 1. The molecular weight excluding hydrogens is 495 g/mol. The molecule has 2 N–H and O–H groups in total. The summed E-state index contributed by atoms with van der Waals surface area (Å²) in [6, 6.07) is 11.9. The summed E-state index contributed by atoms with van der Waals surface area (Å²) in [5.74, 6) is 2.64. The van der Waals surface area contributed by atoms with Crippen LogP contribution in [0.25, 0.3) is 0 Å². The molecule has 1 saturated heterocycles. The molecule has 2 heterocycles. The zero-order valence-corrected chi connectivity index (χ0v) is 20.0. The number of nitrogens with zero attached hydrogens (tertiary/aromatic N) is 2. The van der Waals surface area contributed by atoms with E-state index in [4.69, 9.17) is 18.9 Å². The summed E-state index contributed by atoms with van der Waals surface area (Å²) in [5.41, 5.74) is 1.07. The van der Waals surface area contributed by atoms with Gasteiger partial charge in [0.05, 0.1) is 33.1 Å². The summed E-state index contributed by atoms with van der Waals surface area (Å²) in [7, 11) is 1.69. The zero-order valence-electron chi connectivity index (χ0n) is 17.6. The lowest BCUT2D eigenvalue weighted by molar-refractivity contribution is 0.0376. The predicted molar refractivity (Wildman–Crippen MR) is 130 cm³/mol. The van der Waals surface area contributed by atoms with Crippen molar-refractivity contribution in [3.05, 3.63) is 54.0 Å². The van der Waals surface area contributed by atoms with E-state index >= 15 is 0 Å². The van der Waals surface area contributed by atoms with Gasteiger partial charge in [0.2, 0.25) is 0 Å². The van der Waals surface area contributed by atoms with Crippen LogP contribution < -0.4 is 15.4 Å². The Morgan fingerprint density at radius 1 is 1.10 bits per heavy atom. The van der Waals surface area contributed by atoms with Crippen LogP contribution in [0.3, 0.4) is 0 Å². The number of hydrogen-bond acceptors (Lipinski definition) is 5. The maximum absolute atomic E-state index is 5.44. The van der Waals surface area contributed by atoms with E-state index in [-0.39, 0.29) is 24.0 Å². The fourth-order valence-corrected chi connectivity index (χ4v) is 3.27. The number of ether oxygens (including phenoxy) is 2. The highest BCUT2D eigenvalue weighted by Crippen LogP contribution is 2.17. The molecule has 166 valence electrons. The van der Waals surface area contributed by atoms with Gasteiger partial charge in [-0.05, 0) is 31.2 Å². The Hall–Kier alpha value is -1.78. The van der Waals surface area contributed by atoms with E-state index in [0.29, 0.717) is 6.54 Å². The van der Waals surface area contributed by atoms with Crippen molar-refractivity contribution >= 4 is 29.9 Å². The van der Waals surface area contributed by atoms with Crippen molar-refractivity contribution < 1.29 is 13.9 Å². The minimum absolute atomic E-state index is 0. The average Bonchev–Trinajstić information content (AvgIpc) is 3.29. The standard InChI is InChI=1S/C22H32N4O3.HI/c1-27-21-8-3-2-6-19(21)18-25-22(24-11-9-20-7-4-15-29-20)23-10-5-12-26-13-16-28-17-14-26;/h2-4,6-8,15H,5,9-14,16-18H2,1H3,(H2,23,24,25);1H. The Morgan fingerprint density at radius 3 is 2.67 bits per heavy atom. The molecule has 0 aliphatic carbocycles. The number of rotatable bonds is 10. The number of halogens is 1. The maximum Gasteiger partial charge on any atom is 0.191 e. The molecule has 0 amide bonds. The van der Waals surface area contributed by atoms with Crippen LogP contribution in [-0.4, -0.2) is 63.9 Å². The van der Waals surface area contributed by atoms with Gasteiger partial charge in [-0.15, -0.1) is 24.0 Å². The first-order valence-corrected chi connectivity index (χ1v) is 10.3. The van der Waals surface area contributed by atoms with Gasteiger partial charge in [0.1, 0.15) is 11.5 Å². The quantitative estimate of drug-likeness (QED) is 0.214. The topological polar surface area (TPSA) is 71.3 Å². The highest BCUT2D eigenvalue weighted by molar-refractivity contribution is 14.0. The average molecular weight is 528 g/mol. The van der Waals surface area contributed by atoms with Crippen molar-refractivity contribution in [3.63, 3.8) is 0 Å². The van der Waals surface area contributed by atoms with Gasteiger partial charge in [0.25, 0.3) is 0 Å². The van der Waals surface area contributed by atoms with Crippen molar-refractivity contribution in [3.8, 4) is 5.75 Å². The van der Waals surface area contributed by atoms with Gasteiger partial charge in [0, 0.05) is 38.2 Å². The number of aliphatic imine (C=N–C) groups is 1. The van der Waals surface area contributed by atoms with Crippen LogP contribution in [0.2, 0.25) is 0 Å². The molecule has 0 radical (unpaired) electrons. The van der Waals surface area contributed by atoms with E-state index in [9.17, 15) is 0 Å². The molecule has 1 fully saturated rings. The van der Waals surface area contributed by atoms with Gasteiger partial charge in [0.15, 0.2) is 5.96 Å². The third-order valence-electron chi connectivity index (χ3n) is 4.89. The molecule has 0 unspecified atom stereocenters. The first kappa shape index (κ1) is 24.5. The minimum atomic E-state index is 0. The van der Waals surface area contributed by atoms with Crippen LogP contribution in [0, 0.1) is 0 Å². The molecular formula is C22H33IN4O3. The fraction of sp³-hybridized carbons (Fsp3) is 0.500. The lowest BCUT2D eigenvalue weighted by Gasteiger charge is -2.26. The van der Waals surface area contributed by atoms with Crippen LogP contribution in [-0.2, 0) is 17.7 Å². The number of hydrogen-bond donors (Lipinski definition) is 2. The number of guanidine groups is 1. The van der Waals surface area contributed by atoms with E-state index in [1.807, 2.05) is 36.4 Å². The van der Waals surface area contributed by atoms with Crippen LogP contribution in [0.5, 0.6) is 5.75 Å². The molecule has 0 atom stereocenters. The van der Waals surface area contributed by atoms with Crippen LogP contribution in [0.1, 0.15) is 17.7 Å². The molecule has 2 aromatic rings. The summed E-state index contributed by atoms with van der Waals surface area (Å²) in [6.07, 6.45) is 3.58. The van der Waals surface area contributed by atoms with Crippen molar-refractivity contribution in [2.75, 3.05) is 53.0 Å². The Morgan fingerprint density at radius 2 is 1.90 bits per heavy atom. The second-order valence-electron chi connectivity index (χ2n) is 6.97. The van der Waals surface area contributed by atoms with Crippen molar-refractivity contribution in [2.45, 2.75) is 19.4 Å². The van der Waals surface area contributed by atoms with Crippen LogP contribution in [0.15, 0.2) is 52.1 Å². The van der Waals surface area contributed by atoms with Gasteiger partial charge in [-0.3, -0.25) is 4.90 Å². The zero-order chi connectivity index (χ0) is 20.2. The molecule has 0 spiro atoms. The highest BCUT2D eigenvalue weighted by Gasteiger charge is 2.09. The van der Waals surface area contributed by atoms with E-state index < -0.39 is 0 Å². The Labute approximate surface area is 196 Å². The highest BCUT2D eigenvalue weighted by atomic mass is 127. The molecule has 1 aliphatic rings. The summed E-state index contributed by atoms with van der Waals surface area (Å²) in [5, 5.41) is 6.87. The van der Waals surface area contributed by atoms with E-state index in [1.165, 1.54) is 0 Å². The largest absolute Gasteiger partial charge is 0.496 e. The monoisotopic (exact) mass is 528 g/mol. The Balaban J connectivity index is 0.00000320. The third-order valence-corrected chi connectivity index (χ3v) is 4.89. The number of morpholine rings is 1. The van der Waals surface area contributed by atoms with Crippen LogP contribution in [0.4, 0.5) is 0 Å². The van der Waals surface area contributed by atoms with Crippen molar-refractivity contribution in [1.82, 2.24) is 15.5 Å². The summed E-state index contributed by atoms with van der Waals surface area (Å²) in [4.78, 5) is 7.20. The van der Waals surface area contributed by atoms with Crippen LogP contribution >= 0.6 is 24.0 Å². The molecule has 1 aliphatic heterocycles. The van der Waals surface area contributed by atoms with Gasteiger partial charge in [-0.25, -0.2) is 4.99 Å². The number of methoxy groups -OCH3 is 1. The number of nitrogens with one attached hydrogen (secondary N) is 2. The van der Waals surface area contributed by atoms with Gasteiger partial charge < -0.3 is 24.5 Å². The Bertz CT molecular complexity index is 734. The molecule has 1 aromatic heterocycles. The fourth-order valence-electron chi connectivity index (χ4n) is 3.27.